The molecule has 76 valence electrons. The van der Waals surface area contributed by atoms with Gasteiger partial charge in [-0.1, -0.05) is 0 Å². The first-order valence-electron chi connectivity index (χ1n) is 4.47. The highest BCUT2D eigenvalue weighted by Crippen LogP contribution is 2.32. The second-order valence-corrected chi connectivity index (χ2v) is 3.99. The van der Waals surface area contributed by atoms with Gasteiger partial charge in [0.15, 0.2) is 0 Å². The van der Waals surface area contributed by atoms with E-state index in [4.69, 9.17) is 9.84 Å². The van der Waals surface area contributed by atoms with Gasteiger partial charge in [0.25, 0.3) is 0 Å². The lowest BCUT2D eigenvalue weighted by molar-refractivity contribution is 0.0684. The Bertz CT molecular complexity index is 381. The first kappa shape index (κ1) is 9.05. The second kappa shape index (κ2) is 2.73. The van der Waals surface area contributed by atoms with E-state index in [2.05, 4.69) is 5.10 Å². The van der Waals surface area contributed by atoms with Crippen LogP contribution in [-0.4, -0.2) is 27.5 Å². The molecule has 0 amide bonds. The maximum absolute atomic E-state index is 10.8. The van der Waals surface area contributed by atoms with Crippen molar-refractivity contribution in [1.82, 2.24) is 9.78 Å². The van der Waals surface area contributed by atoms with Gasteiger partial charge in [0.05, 0.1) is 18.3 Å². The third kappa shape index (κ3) is 1.16. The fourth-order valence-corrected chi connectivity index (χ4v) is 1.56. The van der Waals surface area contributed by atoms with Gasteiger partial charge in [0.1, 0.15) is 5.56 Å². The number of aromatic carboxylic acids is 1. The Labute approximate surface area is 81.3 Å². The van der Waals surface area contributed by atoms with E-state index in [0.29, 0.717) is 12.5 Å². The van der Waals surface area contributed by atoms with Crippen molar-refractivity contribution in [2.75, 3.05) is 6.61 Å². The maximum Gasteiger partial charge on any atom is 0.342 e. The van der Waals surface area contributed by atoms with E-state index in [-0.39, 0.29) is 11.1 Å². The fourth-order valence-electron chi connectivity index (χ4n) is 1.56. The Balaban J connectivity index is 2.53. The summed E-state index contributed by atoms with van der Waals surface area (Å²) in [4.78, 5) is 10.8. The topological polar surface area (TPSA) is 64.3 Å². The van der Waals surface area contributed by atoms with Gasteiger partial charge in [-0.3, -0.25) is 0 Å². The average molecular weight is 196 g/mol. The van der Waals surface area contributed by atoms with E-state index in [1.165, 1.54) is 6.20 Å². The molecule has 2 heterocycles. The number of aromatic nitrogens is 2. The predicted molar refractivity (Wildman–Crippen MR) is 48.6 cm³/mol. The van der Waals surface area contributed by atoms with Crippen LogP contribution in [0.1, 0.15) is 30.6 Å². The Morgan fingerprint density at radius 2 is 2.43 bits per heavy atom. The lowest BCUT2D eigenvalue weighted by Crippen LogP contribution is -2.34. The minimum absolute atomic E-state index is 0.137. The van der Waals surface area contributed by atoms with Crippen molar-refractivity contribution in [2.24, 2.45) is 0 Å². The zero-order chi connectivity index (χ0) is 10.3. The number of fused-ring (bicyclic) bond motifs is 1. The van der Waals surface area contributed by atoms with Crippen LogP contribution in [0.15, 0.2) is 6.20 Å². The van der Waals surface area contributed by atoms with Crippen molar-refractivity contribution in [3.05, 3.63) is 11.8 Å². The molecular formula is C9H12N2O3. The standard InChI is InChI=1S/C9H12N2O3/c1-9(2)3-4-14-7-6(8(12)13)5-10-11(7)9/h5H,3-4H2,1-2H3,(H,12,13). The summed E-state index contributed by atoms with van der Waals surface area (Å²) in [6, 6.07) is 0. The molecule has 0 unspecified atom stereocenters. The van der Waals surface area contributed by atoms with Crippen molar-refractivity contribution in [1.29, 1.82) is 0 Å². The van der Waals surface area contributed by atoms with Crippen LogP contribution in [0.25, 0.3) is 0 Å². The molecule has 5 nitrogen and oxygen atoms in total. The molecule has 0 fully saturated rings. The second-order valence-electron chi connectivity index (χ2n) is 3.99. The number of carboxylic acids is 1. The van der Waals surface area contributed by atoms with Crippen molar-refractivity contribution < 1.29 is 14.6 Å². The molecular weight excluding hydrogens is 184 g/mol. The smallest absolute Gasteiger partial charge is 0.342 e. The zero-order valence-electron chi connectivity index (χ0n) is 8.15. The van der Waals surface area contributed by atoms with E-state index >= 15 is 0 Å². The van der Waals surface area contributed by atoms with Gasteiger partial charge < -0.3 is 9.84 Å². The lowest BCUT2D eigenvalue weighted by atomic mass is 10.0. The van der Waals surface area contributed by atoms with E-state index in [1.54, 1.807) is 4.68 Å². The van der Waals surface area contributed by atoms with E-state index in [0.717, 1.165) is 6.42 Å². The minimum Gasteiger partial charge on any atom is -0.477 e. The molecule has 0 spiro atoms. The molecule has 1 aliphatic rings. The lowest BCUT2D eigenvalue weighted by Gasteiger charge is -2.31. The molecule has 0 saturated carbocycles. The SMILES string of the molecule is CC1(C)CCOc2c(C(=O)O)cnn21. The summed E-state index contributed by atoms with van der Waals surface area (Å²) < 4.78 is 6.95. The summed E-state index contributed by atoms with van der Waals surface area (Å²) in [6.45, 7) is 4.56. The third-order valence-electron chi connectivity index (χ3n) is 2.48. The number of carbonyl (C=O) groups is 1. The van der Waals surface area contributed by atoms with Crippen LogP contribution in [0.4, 0.5) is 0 Å². The highest BCUT2D eigenvalue weighted by molar-refractivity contribution is 5.90. The highest BCUT2D eigenvalue weighted by Gasteiger charge is 2.32. The molecule has 1 aromatic heterocycles. The molecule has 0 aromatic carbocycles. The molecule has 0 radical (unpaired) electrons. The number of ether oxygens (including phenoxy) is 1. The monoisotopic (exact) mass is 196 g/mol. The largest absolute Gasteiger partial charge is 0.477 e. The highest BCUT2D eigenvalue weighted by atomic mass is 16.5. The number of nitrogens with zero attached hydrogens (tertiary/aromatic N) is 2. The number of hydrogen-bond acceptors (Lipinski definition) is 3. The zero-order valence-corrected chi connectivity index (χ0v) is 8.15. The van der Waals surface area contributed by atoms with Crippen molar-refractivity contribution >= 4 is 5.97 Å². The normalized spacial score (nSPS) is 18.4. The Hall–Kier alpha value is -1.52. The van der Waals surface area contributed by atoms with Crippen molar-refractivity contribution in [3.8, 4) is 5.88 Å². The predicted octanol–water partition coefficient (Wildman–Crippen LogP) is 1.10. The Kier molecular flexibility index (Phi) is 1.77. The maximum atomic E-state index is 10.8. The third-order valence-corrected chi connectivity index (χ3v) is 2.48. The van der Waals surface area contributed by atoms with Gasteiger partial charge >= 0.3 is 5.97 Å². The molecule has 0 bridgehead atoms. The molecule has 1 N–H and O–H groups in total. The van der Waals surface area contributed by atoms with Gasteiger partial charge in [-0.2, -0.15) is 5.10 Å². The summed E-state index contributed by atoms with van der Waals surface area (Å²) in [5.74, 6) is -0.627. The van der Waals surface area contributed by atoms with Crippen LogP contribution in [0.2, 0.25) is 0 Å². The molecule has 5 heteroatoms. The summed E-state index contributed by atoms with van der Waals surface area (Å²) in [5, 5.41) is 12.9. The van der Waals surface area contributed by atoms with E-state index in [9.17, 15) is 4.79 Å². The average Bonchev–Trinajstić information content (AvgIpc) is 2.48. The van der Waals surface area contributed by atoms with Gasteiger partial charge in [-0.25, -0.2) is 9.48 Å². The number of carboxylic acid groups (broad SMARTS) is 1. The van der Waals surface area contributed by atoms with Gasteiger partial charge in [-0.05, 0) is 13.8 Å². The molecule has 2 rings (SSSR count). The molecule has 14 heavy (non-hydrogen) atoms. The molecule has 0 atom stereocenters. The number of rotatable bonds is 1. The quantitative estimate of drug-likeness (QED) is 0.730. The van der Waals surface area contributed by atoms with Crippen LogP contribution in [0, 0.1) is 0 Å². The van der Waals surface area contributed by atoms with Gasteiger partial charge in [-0.15, -0.1) is 0 Å². The molecule has 1 aliphatic heterocycles. The fraction of sp³-hybridized carbons (Fsp3) is 0.556. The van der Waals surface area contributed by atoms with Gasteiger partial charge in [0.2, 0.25) is 5.88 Å². The first-order valence-corrected chi connectivity index (χ1v) is 4.47. The molecule has 0 aliphatic carbocycles. The number of hydrogen-bond donors (Lipinski definition) is 1. The summed E-state index contributed by atoms with van der Waals surface area (Å²) >= 11 is 0. The van der Waals surface area contributed by atoms with Crippen molar-refractivity contribution in [3.63, 3.8) is 0 Å². The summed E-state index contributed by atoms with van der Waals surface area (Å²) in [7, 11) is 0. The Morgan fingerprint density at radius 3 is 3.07 bits per heavy atom. The molecule has 0 saturated heterocycles. The minimum atomic E-state index is -0.996. The van der Waals surface area contributed by atoms with Crippen LogP contribution < -0.4 is 4.74 Å². The van der Waals surface area contributed by atoms with Crippen molar-refractivity contribution in [2.45, 2.75) is 25.8 Å². The Morgan fingerprint density at radius 1 is 1.71 bits per heavy atom. The summed E-state index contributed by atoms with van der Waals surface area (Å²) in [6.07, 6.45) is 2.17. The molecule has 1 aromatic rings. The van der Waals surface area contributed by atoms with Gasteiger partial charge in [0, 0.05) is 6.42 Å². The van der Waals surface area contributed by atoms with Crippen LogP contribution in [-0.2, 0) is 5.54 Å². The summed E-state index contributed by atoms with van der Waals surface area (Å²) in [5.41, 5.74) is -0.0286. The van der Waals surface area contributed by atoms with Crippen LogP contribution in [0.3, 0.4) is 0 Å². The van der Waals surface area contributed by atoms with E-state index < -0.39 is 5.97 Å². The van der Waals surface area contributed by atoms with Crippen LogP contribution >= 0.6 is 0 Å². The van der Waals surface area contributed by atoms with Crippen LogP contribution in [0.5, 0.6) is 5.88 Å². The first-order chi connectivity index (χ1) is 6.52. The van der Waals surface area contributed by atoms with E-state index in [1.807, 2.05) is 13.8 Å².